The predicted octanol–water partition coefficient (Wildman–Crippen LogP) is 2.19. The van der Waals surface area contributed by atoms with Crippen LogP contribution in [0.15, 0.2) is 12.1 Å². The molecule has 1 aromatic rings. The summed E-state index contributed by atoms with van der Waals surface area (Å²) in [7, 11) is 0. The molecule has 0 saturated carbocycles. The first-order chi connectivity index (χ1) is 8.15. The van der Waals surface area contributed by atoms with E-state index in [1.807, 2.05) is 30.8 Å². The predicted molar refractivity (Wildman–Crippen MR) is 78.8 cm³/mol. The Morgan fingerprint density at radius 1 is 1.65 bits per heavy atom. The summed E-state index contributed by atoms with van der Waals surface area (Å²) in [6.45, 7) is 2.94. The van der Waals surface area contributed by atoms with Crippen LogP contribution in [0.1, 0.15) is 17.7 Å². The zero-order chi connectivity index (χ0) is 12.3. The van der Waals surface area contributed by atoms with Gasteiger partial charge in [-0.25, -0.2) is 4.98 Å². The number of aromatic nitrogens is 1. The van der Waals surface area contributed by atoms with Gasteiger partial charge in [0.15, 0.2) is 0 Å². The highest BCUT2D eigenvalue weighted by molar-refractivity contribution is 7.99. The van der Waals surface area contributed by atoms with Crippen molar-refractivity contribution >= 4 is 34.8 Å². The fourth-order valence-electron chi connectivity index (χ4n) is 1.89. The number of hydrogen-bond acceptors (Lipinski definition) is 4. The zero-order valence-electron chi connectivity index (χ0n) is 9.90. The Balaban J connectivity index is 2.01. The summed E-state index contributed by atoms with van der Waals surface area (Å²) < 4.78 is 0. The van der Waals surface area contributed by atoms with E-state index in [1.54, 1.807) is 0 Å². The molecule has 17 heavy (non-hydrogen) atoms. The number of aryl methyl sites for hydroxylation is 1. The molecule has 1 unspecified atom stereocenters. The Morgan fingerprint density at radius 3 is 3.12 bits per heavy atom. The molecule has 5 heteroatoms. The lowest BCUT2D eigenvalue weighted by Crippen LogP contribution is -2.16. The van der Waals surface area contributed by atoms with Gasteiger partial charge in [-0.2, -0.15) is 11.8 Å². The third kappa shape index (κ3) is 3.57. The molecule has 92 valence electrons. The molecule has 0 spiro atoms. The minimum atomic E-state index is 0.426. The molecule has 1 aromatic heterocycles. The highest BCUT2D eigenvalue weighted by Gasteiger charge is 2.15. The Hall–Kier alpha value is -0.810. The van der Waals surface area contributed by atoms with Crippen molar-refractivity contribution in [1.82, 2.24) is 4.98 Å². The van der Waals surface area contributed by atoms with E-state index in [2.05, 4.69) is 10.3 Å². The second-order valence-corrected chi connectivity index (χ2v) is 5.95. The molecule has 2 rings (SSSR count). The van der Waals surface area contributed by atoms with Crippen molar-refractivity contribution in [3.8, 4) is 0 Å². The average molecular weight is 267 g/mol. The van der Waals surface area contributed by atoms with E-state index in [0.29, 0.717) is 4.99 Å². The molecule has 0 radical (unpaired) electrons. The zero-order valence-corrected chi connectivity index (χ0v) is 11.5. The first kappa shape index (κ1) is 12.6. The van der Waals surface area contributed by atoms with Gasteiger partial charge in [-0.05, 0) is 42.9 Å². The van der Waals surface area contributed by atoms with Gasteiger partial charge in [0, 0.05) is 17.8 Å². The fourth-order valence-corrected chi connectivity index (χ4v) is 3.30. The van der Waals surface area contributed by atoms with Gasteiger partial charge in [-0.3, -0.25) is 0 Å². The topological polar surface area (TPSA) is 50.9 Å². The molecule has 0 bridgehead atoms. The van der Waals surface area contributed by atoms with Crippen molar-refractivity contribution < 1.29 is 0 Å². The van der Waals surface area contributed by atoms with Crippen molar-refractivity contribution in [3.63, 3.8) is 0 Å². The quantitative estimate of drug-likeness (QED) is 0.819. The Labute approximate surface area is 112 Å². The average Bonchev–Trinajstić information content (AvgIpc) is 2.78. The van der Waals surface area contributed by atoms with E-state index in [4.69, 9.17) is 18.0 Å². The molecule has 1 aliphatic heterocycles. The van der Waals surface area contributed by atoms with Crippen LogP contribution in [0.25, 0.3) is 0 Å². The summed E-state index contributed by atoms with van der Waals surface area (Å²) in [6, 6.07) is 3.84. The van der Waals surface area contributed by atoms with Gasteiger partial charge in [-0.15, -0.1) is 0 Å². The number of thiocarbonyl (C=S) groups is 1. The third-order valence-electron chi connectivity index (χ3n) is 2.83. The minimum absolute atomic E-state index is 0.426. The smallest absolute Gasteiger partial charge is 0.126 e. The first-order valence-electron chi connectivity index (χ1n) is 5.75. The molecule has 1 saturated heterocycles. The van der Waals surface area contributed by atoms with Crippen LogP contribution in [-0.2, 0) is 0 Å². The molecule has 3 nitrogen and oxygen atoms in total. The molecule has 0 aliphatic carbocycles. The Morgan fingerprint density at radius 2 is 2.47 bits per heavy atom. The normalized spacial score (nSPS) is 19.2. The van der Waals surface area contributed by atoms with E-state index in [0.717, 1.165) is 29.5 Å². The number of nitrogens with zero attached hydrogens (tertiary/aromatic N) is 1. The molecule has 2 heterocycles. The van der Waals surface area contributed by atoms with Crippen molar-refractivity contribution in [2.45, 2.75) is 13.3 Å². The van der Waals surface area contributed by atoms with Gasteiger partial charge in [0.25, 0.3) is 0 Å². The standard InChI is InChI=1S/C12H17N3S2/c1-8-4-10(12(13)16)5-11(15-8)14-6-9-2-3-17-7-9/h4-5,9H,2-3,6-7H2,1H3,(H2,13,16)(H,14,15). The fraction of sp³-hybridized carbons (Fsp3) is 0.500. The van der Waals surface area contributed by atoms with Crippen molar-refractivity contribution in [2.75, 3.05) is 23.4 Å². The number of pyridine rings is 1. The van der Waals surface area contributed by atoms with E-state index in [1.165, 1.54) is 17.9 Å². The molecule has 3 N–H and O–H groups in total. The van der Waals surface area contributed by atoms with E-state index >= 15 is 0 Å². The maximum Gasteiger partial charge on any atom is 0.126 e. The van der Waals surface area contributed by atoms with Crippen LogP contribution in [0, 0.1) is 12.8 Å². The van der Waals surface area contributed by atoms with Gasteiger partial charge < -0.3 is 11.1 Å². The number of thioether (sulfide) groups is 1. The molecule has 0 amide bonds. The monoisotopic (exact) mass is 267 g/mol. The van der Waals surface area contributed by atoms with Crippen LogP contribution in [0.2, 0.25) is 0 Å². The summed E-state index contributed by atoms with van der Waals surface area (Å²) in [5, 5.41) is 3.38. The first-order valence-corrected chi connectivity index (χ1v) is 7.31. The molecule has 1 fully saturated rings. The number of anilines is 1. The van der Waals surface area contributed by atoms with Gasteiger partial charge in [-0.1, -0.05) is 12.2 Å². The largest absolute Gasteiger partial charge is 0.389 e. The van der Waals surface area contributed by atoms with Crippen LogP contribution in [-0.4, -0.2) is 28.0 Å². The van der Waals surface area contributed by atoms with E-state index in [9.17, 15) is 0 Å². The van der Waals surface area contributed by atoms with Gasteiger partial charge >= 0.3 is 0 Å². The van der Waals surface area contributed by atoms with Crippen LogP contribution in [0.4, 0.5) is 5.82 Å². The highest BCUT2D eigenvalue weighted by atomic mass is 32.2. The third-order valence-corrected chi connectivity index (χ3v) is 4.30. The van der Waals surface area contributed by atoms with E-state index in [-0.39, 0.29) is 0 Å². The SMILES string of the molecule is Cc1cc(C(N)=S)cc(NCC2CCSC2)n1. The minimum Gasteiger partial charge on any atom is -0.389 e. The summed E-state index contributed by atoms with van der Waals surface area (Å²) in [4.78, 5) is 4.87. The second kappa shape index (κ2) is 5.69. The maximum atomic E-state index is 5.64. The Bertz CT molecular complexity index is 414. The van der Waals surface area contributed by atoms with Gasteiger partial charge in [0.1, 0.15) is 10.8 Å². The van der Waals surface area contributed by atoms with Gasteiger partial charge in [0.2, 0.25) is 0 Å². The molecular formula is C12H17N3S2. The number of nitrogens with one attached hydrogen (secondary N) is 1. The van der Waals surface area contributed by atoms with Crippen LogP contribution in [0.5, 0.6) is 0 Å². The van der Waals surface area contributed by atoms with Crippen molar-refractivity contribution in [3.05, 3.63) is 23.4 Å². The van der Waals surface area contributed by atoms with Crippen molar-refractivity contribution in [1.29, 1.82) is 0 Å². The number of hydrogen-bond donors (Lipinski definition) is 2. The number of rotatable bonds is 4. The van der Waals surface area contributed by atoms with Crippen molar-refractivity contribution in [2.24, 2.45) is 11.7 Å². The molecular weight excluding hydrogens is 250 g/mol. The lowest BCUT2D eigenvalue weighted by atomic mass is 10.1. The summed E-state index contributed by atoms with van der Waals surface area (Å²) in [5.41, 5.74) is 7.47. The molecule has 1 aliphatic rings. The van der Waals surface area contributed by atoms with Crippen LogP contribution in [0.3, 0.4) is 0 Å². The van der Waals surface area contributed by atoms with Crippen LogP contribution >= 0.6 is 24.0 Å². The summed E-state index contributed by atoms with van der Waals surface area (Å²) in [6.07, 6.45) is 1.30. The number of nitrogens with two attached hydrogens (primary N) is 1. The molecule has 0 aromatic carbocycles. The maximum absolute atomic E-state index is 5.64. The lowest BCUT2D eigenvalue weighted by molar-refractivity contribution is 0.630. The summed E-state index contributed by atoms with van der Waals surface area (Å²) in [5.74, 6) is 4.17. The van der Waals surface area contributed by atoms with Gasteiger partial charge in [0.05, 0.1) is 0 Å². The Kier molecular flexibility index (Phi) is 4.23. The summed E-state index contributed by atoms with van der Waals surface area (Å²) >= 11 is 7.02. The van der Waals surface area contributed by atoms with E-state index < -0.39 is 0 Å². The second-order valence-electron chi connectivity index (χ2n) is 4.36. The molecule has 1 atom stereocenters. The van der Waals surface area contributed by atoms with Crippen LogP contribution < -0.4 is 11.1 Å². The lowest BCUT2D eigenvalue weighted by Gasteiger charge is -2.12. The highest BCUT2D eigenvalue weighted by Crippen LogP contribution is 2.23.